The van der Waals surface area contributed by atoms with Crippen LogP contribution in [-0.4, -0.2) is 30.4 Å². The molecular weight excluding hydrogens is 179 g/mol. The number of unbranched alkanes of at least 4 members (excludes halogenated alkanes) is 1. The predicted octanol–water partition coefficient (Wildman–Crippen LogP) is 1.36. The molecule has 0 amide bonds. The summed E-state index contributed by atoms with van der Waals surface area (Å²) in [5.41, 5.74) is 0. The Bertz CT molecular complexity index is 146. The van der Waals surface area contributed by atoms with Crippen LogP contribution in [0.5, 0.6) is 0 Å². The Balaban J connectivity index is 0. The molecular formula is C10H21AlO2. The van der Waals surface area contributed by atoms with Crippen molar-refractivity contribution in [1.29, 1.82) is 0 Å². The molecule has 0 saturated carbocycles. The van der Waals surface area contributed by atoms with E-state index in [2.05, 4.69) is 18.2 Å². The van der Waals surface area contributed by atoms with Gasteiger partial charge in [-0.25, -0.2) is 0 Å². The van der Waals surface area contributed by atoms with Crippen molar-refractivity contribution in [3.8, 4) is 0 Å². The molecule has 0 bridgehead atoms. The predicted molar refractivity (Wildman–Crippen MR) is 59.8 cm³/mol. The van der Waals surface area contributed by atoms with Crippen molar-refractivity contribution < 1.29 is 9.53 Å². The lowest BCUT2D eigenvalue weighted by Crippen LogP contribution is -2.15. The molecule has 0 aromatic rings. The van der Waals surface area contributed by atoms with Crippen molar-refractivity contribution in [2.75, 3.05) is 7.11 Å². The highest BCUT2D eigenvalue weighted by Gasteiger charge is 2.15. The molecule has 0 aromatic heterocycles. The zero-order valence-electron chi connectivity index (χ0n) is 8.01. The second-order valence-electron chi connectivity index (χ2n) is 2.89. The lowest BCUT2D eigenvalue weighted by atomic mass is 9.99. The molecule has 0 aliphatic heterocycles. The zero-order chi connectivity index (χ0) is 9.40. The maximum absolute atomic E-state index is 11.1. The SMILES string of the molecule is C=CCC(CCCC)C(=O)OC.[AlH3]. The lowest BCUT2D eigenvalue weighted by molar-refractivity contribution is -0.145. The summed E-state index contributed by atoms with van der Waals surface area (Å²) < 4.78 is 4.68. The Hall–Kier alpha value is -0.258. The summed E-state index contributed by atoms with van der Waals surface area (Å²) >= 11 is 0. The Labute approximate surface area is 91.5 Å². The summed E-state index contributed by atoms with van der Waals surface area (Å²) in [6, 6.07) is 0. The summed E-state index contributed by atoms with van der Waals surface area (Å²) in [4.78, 5) is 11.1. The molecule has 0 fully saturated rings. The van der Waals surface area contributed by atoms with E-state index >= 15 is 0 Å². The number of hydrogen-bond donors (Lipinski definition) is 0. The largest absolute Gasteiger partial charge is 0.469 e. The second kappa shape index (κ2) is 9.83. The van der Waals surface area contributed by atoms with Crippen LogP contribution in [0.3, 0.4) is 0 Å². The molecule has 1 atom stereocenters. The van der Waals surface area contributed by atoms with Gasteiger partial charge in [0.25, 0.3) is 0 Å². The van der Waals surface area contributed by atoms with E-state index in [1.807, 2.05) is 0 Å². The van der Waals surface area contributed by atoms with Gasteiger partial charge in [0, 0.05) is 0 Å². The molecule has 0 aliphatic rings. The van der Waals surface area contributed by atoms with Crippen LogP contribution < -0.4 is 0 Å². The number of rotatable bonds is 6. The molecule has 3 heteroatoms. The van der Waals surface area contributed by atoms with Crippen molar-refractivity contribution in [3.05, 3.63) is 12.7 Å². The maximum Gasteiger partial charge on any atom is 0.308 e. The average molecular weight is 200 g/mol. The van der Waals surface area contributed by atoms with Crippen LogP contribution in [0, 0.1) is 5.92 Å². The summed E-state index contributed by atoms with van der Waals surface area (Å²) in [6.45, 7) is 5.73. The van der Waals surface area contributed by atoms with E-state index < -0.39 is 0 Å². The van der Waals surface area contributed by atoms with Crippen molar-refractivity contribution >= 4 is 23.3 Å². The first-order chi connectivity index (χ1) is 5.76. The van der Waals surface area contributed by atoms with Crippen LogP contribution in [0.25, 0.3) is 0 Å². The van der Waals surface area contributed by atoms with Gasteiger partial charge < -0.3 is 4.74 Å². The normalized spacial score (nSPS) is 11.2. The van der Waals surface area contributed by atoms with Gasteiger partial charge in [0.2, 0.25) is 0 Å². The highest BCUT2D eigenvalue weighted by atomic mass is 27.0. The van der Waals surface area contributed by atoms with E-state index in [1.54, 1.807) is 6.08 Å². The zero-order valence-corrected chi connectivity index (χ0v) is 8.01. The molecule has 0 radical (unpaired) electrons. The van der Waals surface area contributed by atoms with Gasteiger partial charge in [0.15, 0.2) is 17.4 Å². The van der Waals surface area contributed by atoms with Gasteiger partial charge in [0.05, 0.1) is 13.0 Å². The standard InChI is InChI=1S/C10H18O2.Al.3H/c1-4-6-8-9(7-5-2)10(11)12-3;;;;/h5,9H,2,4,6-8H2,1,3H3;;;;. The molecule has 1 unspecified atom stereocenters. The summed E-state index contributed by atoms with van der Waals surface area (Å²) in [5, 5.41) is 0. The van der Waals surface area contributed by atoms with Crippen molar-refractivity contribution in [3.63, 3.8) is 0 Å². The van der Waals surface area contributed by atoms with Gasteiger partial charge in [0.1, 0.15) is 0 Å². The number of esters is 1. The third-order valence-electron chi connectivity index (χ3n) is 1.89. The monoisotopic (exact) mass is 200 g/mol. The van der Waals surface area contributed by atoms with Gasteiger partial charge >= 0.3 is 5.97 Å². The fourth-order valence-electron chi connectivity index (χ4n) is 1.15. The fraction of sp³-hybridized carbons (Fsp3) is 0.700. The van der Waals surface area contributed by atoms with Crippen LogP contribution in [-0.2, 0) is 9.53 Å². The molecule has 0 aromatic carbocycles. The van der Waals surface area contributed by atoms with Gasteiger partial charge in [-0.1, -0.05) is 25.8 Å². The number of allylic oxidation sites excluding steroid dienone is 1. The Morgan fingerprint density at radius 2 is 2.23 bits per heavy atom. The first-order valence-corrected chi connectivity index (χ1v) is 4.45. The molecule has 0 rings (SSSR count). The minimum Gasteiger partial charge on any atom is -0.469 e. The molecule has 0 N–H and O–H groups in total. The van der Waals surface area contributed by atoms with Crippen molar-refractivity contribution in [2.45, 2.75) is 32.6 Å². The van der Waals surface area contributed by atoms with Crippen molar-refractivity contribution in [1.82, 2.24) is 0 Å². The number of carbonyl (C=O) groups excluding carboxylic acids is 1. The topological polar surface area (TPSA) is 26.3 Å². The van der Waals surface area contributed by atoms with Crippen LogP contribution in [0.4, 0.5) is 0 Å². The molecule has 0 aliphatic carbocycles. The van der Waals surface area contributed by atoms with Crippen LogP contribution in [0.15, 0.2) is 12.7 Å². The number of methoxy groups -OCH3 is 1. The number of hydrogen-bond acceptors (Lipinski definition) is 2. The highest BCUT2D eigenvalue weighted by molar-refractivity contribution is 5.75. The van der Waals surface area contributed by atoms with E-state index in [-0.39, 0.29) is 29.2 Å². The average Bonchev–Trinajstić information content (AvgIpc) is 2.11. The summed E-state index contributed by atoms with van der Waals surface area (Å²) in [6.07, 6.45) is 5.61. The van der Waals surface area contributed by atoms with E-state index in [4.69, 9.17) is 0 Å². The first kappa shape index (κ1) is 15.2. The van der Waals surface area contributed by atoms with Crippen molar-refractivity contribution in [2.24, 2.45) is 5.92 Å². The molecule has 2 nitrogen and oxygen atoms in total. The summed E-state index contributed by atoms with van der Waals surface area (Å²) in [7, 11) is 1.43. The van der Waals surface area contributed by atoms with Crippen LogP contribution in [0.2, 0.25) is 0 Å². The van der Waals surface area contributed by atoms with E-state index in [1.165, 1.54) is 7.11 Å². The molecule has 13 heavy (non-hydrogen) atoms. The maximum atomic E-state index is 11.1. The van der Waals surface area contributed by atoms with Gasteiger partial charge in [-0.15, -0.1) is 6.58 Å². The second-order valence-corrected chi connectivity index (χ2v) is 2.89. The highest BCUT2D eigenvalue weighted by Crippen LogP contribution is 2.14. The molecule has 0 heterocycles. The Morgan fingerprint density at radius 3 is 2.62 bits per heavy atom. The number of ether oxygens (including phenoxy) is 1. The molecule has 0 spiro atoms. The van der Waals surface area contributed by atoms with E-state index in [0.29, 0.717) is 0 Å². The van der Waals surface area contributed by atoms with E-state index in [9.17, 15) is 4.79 Å². The molecule has 0 saturated heterocycles. The van der Waals surface area contributed by atoms with Crippen LogP contribution >= 0.6 is 0 Å². The first-order valence-electron chi connectivity index (χ1n) is 4.45. The third kappa shape index (κ3) is 6.86. The Kier molecular flexibility index (Phi) is 11.5. The van der Waals surface area contributed by atoms with Gasteiger partial charge in [-0.05, 0) is 12.8 Å². The summed E-state index contributed by atoms with van der Waals surface area (Å²) in [5.74, 6) is -0.0872. The Morgan fingerprint density at radius 1 is 1.62 bits per heavy atom. The fourth-order valence-corrected chi connectivity index (χ4v) is 1.15. The lowest BCUT2D eigenvalue weighted by Gasteiger charge is -2.10. The smallest absolute Gasteiger partial charge is 0.308 e. The van der Waals surface area contributed by atoms with Crippen LogP contribution in [0.1, 0.15) is 32.6 Å². The minimum atomic E-state index is -0.108. The molecule has 76 valence electrons. The van der Waals surface area contributed by atoms with E-state index in [0.717, 1.165) is 25.7 Å². The quantitative estimate of drug-likeness (QED) is 0.367. The van der Waals surface area contributed by atoms with Gasteiger partial charge in [-0.3, -0.25) is 4.79 Å². The third-order valence-corrected chi connectivity index (χ3v) is 1.89. The van der Waals surface area contributed by atoms with Gasteiger partial charge in [-0.2, -0.15) is 0 Å². The number of carbonyl (C=O) groups is 1. The minimum absolute atomic E-state index is 0.